The highest BCUT2D eigenvalue weighted by Gasteiger charge is 2.17. The molecule has 8 heteroatoms. The number of thiazole rings is 1. The summed E-state index contributed by atoms with van der Waals surface area (Å²) in [6, 6.07) is 6.11. The Morgan fingerprint density at radius 2 is 2.04 bits per heavy atom. The van der Waals surface area contributed by atoms with Crippen LogP contribution in [0.2, 0.25) is 0 Å². The van der Waals surface area contributed by atoms with Gasteiger partial charge < -0.3 is 4.74 Å². The Kier molecular flexibility index (Phi) is 5.06. The maximum atomic E-state index is 13.1. The highest BCUT2D eigenvalue weighted by atomic mass is 32.2. The van der Waals surface area contributed by atoms with Gasteiger partial charge in [0.1, 0.15) is 22.1 Å². The van der Waals surface area contributed by atoms with Gasteiger partial charge >= 0.3 is 5.97 Å². The van der Waals surface area contributed by atoms with Gasteiger partial charge in [0.15, 0.2) is 0 Å². The summed E-state index contributed by atoms with van der Waals surface area (Å²) in [5, 5.41) is 9.94. The van der Waals surface area contributed by atoms with Gasteiger partial charge in [-0.1, -0.05) is 11.8 Å². The predicted octanol–water partition coefficient (Wildman–Crippen LogP) is 3.86. The molecule has 0 N–H and O–H groups in total. The minimum atomic E-state index is -0.301. The molecule has 24 heavy (non-hydrogen) atoms. The summed E-state index contributed by atoms with van der Waals surface area (Å²) >= 11 is 2.75. The molecule has 1 aromatic carbocycles. The van der Waals surface area contributed by atoms with E-state index in [9.17, 15) is 9.18 Å². The number of fused-ring (bicyclic) bond motifs is 1. The van der Waals surface area contributed by atoms with Crippen LogP contribution in [-0.4, -0.2) is 33.5 Å². The van der Waals surface area contributed by atoms with Crippen LogP contribution in [-0.2, 0) is 9.53 Å². The maximum Gasteiger partial charge on any atom is 0.316 e. The van der Waals surface area contributed by atoms with Gasteiger partial charge in [-0.2, -0.15) is 0 Å². The van der Waals surface area contributed by atoms with Crippen molar-refractivity contribution in [3.8, 4) is 11.3 Å². The smallest absolute Gasteiger partial charge is 0.316 e. The number of thioether (sulfide) groups is 1. The molecule has 0 saturated carbocycles. The van der Waals surface area contributed by atoms with Gasteiger partial charge in [-0.25, -0.2) is 9.37 Å². The number of aryl methyl sites for hydroxylation is 1. The van der Waals surface area contributed by atoms with Gasteiger partial charge in [-0.3, -0.25) is 4.79 Å². The second-order valence-electron chi connectivity index (χ2n) is 4.86. The van der Waals surface area contributed by atoms with Gasteiger partial charge in [-0.05, 0) is 38.1 Å². The van der Waals surface area contributed by atoms with Crippen molar-refractivity contribution in [3.05, 3.63) is 35.1 Å². The van der Waals surface area contributed by atoms with Crippen LogP contribution < -0.4 is 0 Å². The van der Waals surface area contributed by atoms with Crippen molar-refractivity contribution in [1.82, 2.24) is 15.2 Å². The van der Waals surface area contributed by atoms with E-state index in [-0.39, 0.29) is 17.5 Å². The summed E-state index contributed by atoms with van der Waals surface area (Å²) in [7, 11) is 0. The molecule has 2 aromatic heterocycles. The molecule has 0 amide bonds. The number of aromatic nitrogens is 3. The Bertz CT molecular complexity index is 881. The molecule has 5 nitrogen and oxygen atoms in total. The number of halogens is 1. The van der Waals surface area contributed by atoms with E-state index in [0.717, 1.165) is 15.3 Å². The number of benzene rings is 1. The van der Waals surface area contributed by atoms with Gasteiger partial charge in [-0.15, -0.1) is 21.5 Å². The first kappa shape index (κ1) is 16.8. The largest absolute Gasteiger partial charge is 0.465 e. The van der Waals surface area contributed by atoms with E-state index in [1.165, 1.54) is 35.2 Å². The van der Waals surface area contributed by atoms with Crippen molar-refractivity contribution in [2.24, 2.45) is 0 Å². The average Bonchev–Trinajstić information content (AvgIpc) is 2.95. The van der Waals surface area contributed by atoms with Crippen LogP contribution in [0.1, 0.15) is 11.9 Å². The number of ether oxygens (including phenoxy) is 1. The van der Waals surface area contributed by atoms with E-state index in [1.807, 2.05) is 6.92 Å². The highest BCUT2D eigenvalue weighted by molar-refractivity contribution is 8.00. The number of carbonyl (C=O) groups is 1. The molecule has 0 radical (unpaired) electrons. The number of hydrogen-bond donors (Lipinski definition) is 0. The molecule has 0 aliphatic rings. The van der Waals surface area contributed by atoms with Crippen molar-refractivity contribution in [3.63, 3.8) is 0 Å². The zero-order valence-corrected chi connectivity index (χ0v) is 14.7. The predicted molar refractivity (Wildman–Crippen MR) is 92.7 cm³/mol. The topological polar surface area (TPSA) is 65.0 Å². The third-order valence-corrected chi connectivity index (χ3v) is 5.05. The molecule has 0 atom stereocenters. The third-order valence-electron chi connectivity index (χ3n) is 3.14. The Hall–Kier alpha value is -2.06. The molecule has 0 saturated heterocycles. The molecule has 0 aliphatic heterocycles. The first-order valence-corrected chi connectivity index (χ1v) is 9.07. The molecule has 3 rings (SSSR count). The molecule has 124 valence electrons. The summed E-state index contributed by atoms with van der Waals surface area (Å²) in [4.78, 5) is 16.0. The van der Waals surface area contributed by atoms with Crippen LogP contribution in [0.15, 0.2) is 29.3 Å². The molecule has 0 spiro atoms. The second-order valence-corrected chi connectivity index (χ2v) is 7.03. The molecule has 0 fully saturated rings. The highest BCUT2D eigenvalue weighted by Crippen LogP contribution is 2.35. The van der Waals surface area contributed by atoms with Crippen LogP contribution in [0.5, 0.6) is 0 Å². The Balaban J connectivity index is 1.98. The lowest BCUT2D eigenvalue weighted by Crippen LogP contribution is -2.07. The zero-order chi connectivity index (χ0) is 17.1. The molecule has 0 unspecified atom stereocenters. The van der Waals surface area contributed by atoms with Crippen molar-refractivity contribution >= 4 is 39.3 Å². The summed E-state index contributed by atoms with van der Waals surface area (Å²) in [6.07, 6.45) is 0. The fraction of sp³-hybridized carbons (Fsp3) is 0.250. The van der Waals surface area contributed by atoms with Crippen molar-refractivity contribution < 1.29 is 13.9 Å². The number of carbonyl (C=O) groups excluding carboxylic acids is 1. The minimum Gasteiger partial charge on any atom is -0.465 e. The molecular weight excluding hydrogens is 349 g/mol. The summed E-state index contributed by atoms with van der Waals surface area (Å²) in [5.41, 5.74) is 2.15. The molecule has 0 aliphatic carbocycles. The van der Waals surface area contributed by atoms with Gasteiger partial charge in [0, 0.05) is 5.56 Å². The van der Waals surface area contributed by atoms with Crippen LogP contribution in [0, 0.1) is 12.7 Å². The lowest BCUT2D eigenvalue weighted by molar-refractivity contribution is -0.139. The van der Waals surface area contributed by atoms with Gasteiger partial charge in [0.05, 0.1) is 22.1 Å². The Morgan fingerprint density at radius 3 is 2.75 bits per heavy atom. The van der Waals surface area contributed by atoms with Crippen molar-refractivity contribution in [2.45, 2.75) is 18.9 Å². The van der Waals surface area contributed by atoms with E-state index in [0.29, 0.717) is 22.8 Å². The number of hydrogen-bond acceptors (Lipinski definition) is 7. The standard InChI is InChI=1S/C16H14FN3O2S2/c1-3-22-12(21)8-23-16-14-15(24-9(2)18-14)13(19-20-16)10-4-6-11(17)7-5-10/h4-7H,3,8H2,1-2H3. The number of rotatable bonds is 5. The normalized spacial score (nSPS) is 11.0. The van der Waals surface area contributed by atoms with E-state index in [1.54, 1.807) is 19.1 Å². The Labute approximate surface area is 146 Å². The quantitative estimate of drug-likeness (QED) is 0.507. The summed E-state index contributed by atoms with van der Waals surface area (Å²) in [5.74, 6) is -0.443. The van der Waals surface area contributed by atoms with Crippen LogP contribution in [0.25, 0.3) is 21.5 Å². The molecule has 3 aromatic rings. The van der Waals surface area contributed by atoms with Crippen LogP contribution in [0.4, 0.5) is 4.39 Å². The first-order valence-electron chi connectivity index (χ1n) is 7.26. The van der Waals surface area contributed by atoms with Crippen LogP contribution >= 0.6 is 23.1 Å². The van der Waals surface area contributed by atoms with E-state index >= 15 is 0 Å². The summed E-state index contributed by atoms with van der Waals surface area (Å²) in [6.45, 7) is 4.01. The van der Waals surface area contributed by atoms with Crippen LogP contribution in [0.3, 0.4) is 0 Å². The molecule has 2 heterocycles. The molecule has 0 bridgehead atoms. The molecular formula is C16H14FN3O2S2. The fourth-order valence-corrected chi connectivity index (χ4v) is 3.86. The van der Waals surface area contributed by atoms with E-state index in [4.69, 9.17) is 4.74 Å². The van der Waals surface area contributed by atoms with Gasteiger partial charge in [0.25, 0.3) is 0 Å². The van der Waals surface area contributed by atoms with Crippen molar-refractivity contribution in [1.29, 1.82) is 0 Å². The number of nitrogens with zero attached hydrogens (tertiary/aromatic N) is 3. The monoisotopic (exact) mass is 363 g/mol. The SMILES string of the molecule is CCOC(=O)CSc1nnc(-c2ccc(F)cc2)c2sc(C)nc12. The second kappa shape index (κ2) is 7.23. The van der Waals surface area contributed by atoms with E-state index in [2.05, 4.69) is 15.2 Å². The fourth-order valence-electron chi connectivity index (χ4n) is 2.14. The Morgan fingerprint density at radius 1 is 1.29 bits per heavy atom. The minimum absolute atomic E-state index is 0.157. The zero-order valence-electron chi connectivity index (χ0n) is 13.1. The van der Waals surface area contributed by atoms with Crippen molar-refractivity contribution in [2.75, 3.05) is 12.4 Å². The lowest BCUT2D eigenvalue weighted by Gasteiger charge is -2.05. The maximum absolute atomic E-state index is 13.1. The average molecular weight is 363 g/mol. The first-order chi connectivity index (χ1) is 11.6. The number of esters is 1. The summed E-state index contributed by atoms with van der Waals surface area (Å²) < 4.78 is 18.9. The van der Waals surface area contributed by atoms with Gasteiger partial charge in [0.2, 0.25) is 0 Å². The third kappa shape index (κ3) is 3.54. The lowest BCUT2D eigenvalue weighted by atomic mass is 10.1. The van der Waals surface area contributed by atoms with E-state index < -0.39 is 0 Å².